The first kappa shape index (κ1) is 8.66. The monoisotopic (exact) mass is 178 g/mol. The Morgan fingerprint density at radius 1 is 1.62 bits per heavy atom. The molecule has 2 rings (SSSR count). The number of aromatic nitrogens is 1. The van der Waals surface area contributed by atoms with E-state index in [2.05, 4.69) is 16.4 Å². The van der Waals surface area contributed by atoms with Crippen LogP contribution in [0.15, 0.2) is 18.3 Å². The molecule has 0 aromatic carbocycles. The van der Waals surface area contributed by atoms with Crippen molar-refractivity contribution in [2.75, 3.05) is 19.8 Å². The van der Waals surface area contributed by atoms with E-state index in [9.17, 15) is 0 Å². The van der Waals surface area contributed by atoms with Crippen LogP contribution in [0, 0.1) is 6.92 Å². The number of pyridine rings is 1. The predicted molar refractivity (Wildman–Crippen MR) is 50.5 cm³/mol. The third kappa shape index (κ3) is 2.05. The van der Waals surface area contributed by atoms with Gasteiger partial charge in [-0.3, -0.25) is 4.98 Å². The van der Waals surface area contributed by atoms with E-state index in [0.717, 1.165) is 25.5 Å². The fourth-order valence-corrected chi connectivity index (χ4v) is 1.56. The Morgan fingerprint density at radius 2 is 2.54 bits per heavy atom. The molecular formula is C10H14N2O. The summed E-state index contributed by atoms with van der Waals surface area (Å²) in [5, 5.41) is 3.41. The highest BCUT2D eigenvalue weighted by atomic mass is 16.5. The van der Waals surface area contributed by atoms with Crippen molar-refractivity contribution in [3.63, 3.8) is 0 Å². The number of morpholine rings is 1. The van der Waals surface area contributed by atoms with Gasteiger partial charge in [-0.25, -0.2) is 0 Å². The highest BCUT2D eigenvalue weighted by molar-refractivity contribution is 5.19. The third-order valence-electron chi connectivity index (χ3n) is 2.24. The molecule has 1 saturated heterocycles. The maximum Gasteiger partial charge on any atom is 0.0662 e. The molecule has 1 aliphatic heterocycles. The lowest BCUT2D eigenvalue weighted by atomic mass is 10.1. The van der Waals surface area contributed by atoms with Crippen LogP contribution in [-0.4, -0.2) is 24.7 Å². The predicted octanol–water partition coefficient (Wildman–Crippen LogP) is 1.05. The molecule has 0 aliphatic carbocycles. The van der Waals surface area contributed by atoms with E-state index in [1.54, 1.807) is 0 Å². The molecule has 0 amide bonds. The van der Waals surface area contributed by atoms with Gasteiger partial charge in [-0.15, -0.1) is 0 Å². The summed E-state index contributed by atoms with van der Waals surface area (Å²) >= 11 is 0. The van der Waals surface area contributed by atoms with Crippen molar-refractivity contribution in [1.29, 1.82) is 0 Å². The van der Waals surface area contributed by atoms with Gasteiger partial charge in [0.25, 0.3) is 0 Å². The molecule has 1 aromatic heterocycles. The average Bonchev–Trinajstić information content (AvgIpc) is 2.19. The molecular weight excluding hydrogens is 164 g/mol. The lowest BCUT2D eigenvalue weighted by Crippen LogP contribution is -2.34. The maximum absolute atomic E-state index is 5.39. The van der Waals surface area contributed by atoms with Crippen LogP contribution in [0.1, 0.15) is 17.3 Å². The first-order valence-corrected chi connectivity index (χ1v) is 4.60. The van der Waals surface area contributed by atoms with Crippen molar-refractivity contribution >= 4 is 0 Å². The molecule has 0 unspecified atom stereocenters. The molecule has 2 heterocycles. The Kier molecular flexibility index (Phi) is 2.57. The second-order valence-electron chi connectivity index (χ2n) is 3.31. The van der Waals surface area contributed by atoms with Gasteiger partial charge in [0.05, 0.1) is 19.3 Å². The Bertz CT molecular complexity index is 282. The normalized spacial score (nSPS) is 23.0. The van der Waals surface area contributed by atoms with Crippen molar-refractivity contribution in [1.82, 2.24) is 10.3 Å². The van der Waals surface area contributed by atoms with Crippen LogP contribution in [0.3, 0.4) is 0 Å². The van der Waals surface area contributed by atoms with Crippen LogP contribution in [0.4, 0.5) is 0 Å². The minimum atomic E-state index is 0.343. The number of hydrogen-bond acceptors (Lipinski definition) is 3. The van der Waals surface area contributed by atoms with Crippen molar-refractivity contribution in [3.8, 4) is 0 Å². The molecule has 3 heteroatoms. The van der Waals surface area contributed by atoms with Gasteiger partial charge in [0.2, 0.25) is 0 Å². The van der Waals surface area contributed by atoms with Crippen molar-refractivity contribution in [2.45, 2.75) is 13.0 Å². The van der Waals surface area contributed by atoms with Crippen LogP contribution in [0.2, 0.25) is 0 Å². The number of aryl methyl sites for hydroxylation is 1. The first-order valence-electron chi connectivity index (χ1n) is 4.60. The Balaban J connectivity index is 2.14. The van der Waals surface area contributed by atoms with E-state index in [4.69, 9.17) is 4.74 Å². The van der Waals surface area contributed by atoms with Crippen LogP contribution in [-0.2, 0) is 4.74 Å². The molecule has 1 atom stereocenters. The summed E-state index contributed by atoms with van der Waals surface area (Å²) in [7, 11) is 0. The molecule has 1 fully saturated rings. The van der Waals surface area contributed by atoms with Gasteiger partial charge in [-0.2, -0.15) is 0 Å². The van der Waals surface area contributed by atoms with E-state index < -0.39 is 0 Å². The number of nitrogens with one attached hydrogen (secondary N) is 1. The maximum atomic E-state index is 5.39. The average molecular weight is 178 g/mol. The molecule has 0 spiro atoms. The Labute approximate surface area is 78.1 Å². The summed E-state index contributed by atoms with van der Waals surface area (Å²) < 4.78 is 5.39. The summed E-state index contributed by atoms with van der Waals surface area (Å²) in [6.07, 6.45) is 1.85. The van der Waals surface area contributed by atoms with Gasteiger partial charge >= 0.3 is 0 Å². The van der Waals surface area contributed by atoms with Crippen molar-refractivity contribution in [2.24, 2.45) is 0 Å². The van der Waals surface area contributed by atoms with Crippen LogP contribution in [0.5, 0.6) is 0 Å². The SMILES string of the molecule is Cc1cc([C@@H]2COCCN2)ccn1. The van der Waals surface area contributed by atoms with E-state index in [-0.39, 0.29) is 0 Å². The summed E-state index contributed by atoms with van der Waals surface area (Å²) in [6.45, 7) is 4.53. The van der Waals surface area contributed by atoms with Crippen LogP contribution in [0.25, 0.3) is 0 Å². The summed E-state index contributed by atoms with van der Waals surface area (Å²) in [6, 6.07) is 4.49. The molecule has 0 saturated carbocycles. The van der Waals surface area contributed by atoms with Crippen molar-refractivity contribution in [3.05, 3.63) is 29.6 Å². The quantitative estimate of drug-likeness (QED) is 0.698. The van der Waals surface area contributed by atoms with Gasteiger partial charge in [0, 0.05) is 18.4 Å². The number of hydrogen-bond donors (Lipinski definition) is 1. The number of nitrogens with zero attached hydrogens (tertiary/aromatic N) is 1. The lowest BCUT2D eigenvalue weighted by molar-refractivity contribution is 0.0768. The van der Waals surface area contributed by atoms with Gasteiger partial charge in [0.15, 0.2) is 0 Å². The third-order valence-corrected chi connectivity index (χ3v) is 2.24. The van der Waals surface area contributed by atoms with E-state index in [1.807, 2.05) is 19.2 Å². The van der Waals surface area contributed by atoms with Gasteiger partial charge in [0.1, 0.15) is 0 Å². The van der Waals surface area contributed by atoms with Crippen LogP contribution < -0.4 is 5.32 Å². The van der Waals surface area contributed by atoms with E-state index >= 15 is 0 Å². The first-order chi connectivity index (χ1) is 6.36. The highest BCUT2D eigenvalue weighted by Crippen LogP contribution is 2.15. The second kappa shape index (κ2) is 3.85. The van der Waals surface area contributed by atoms with Crippen molar-refractivity contribution < 1.29 is 4.74 Å². The van der Waals surface area contributed by atoms with Crippen LogP contribution >= 0.6 is 0 Å². The molecule has 1 N–H and O–H groups in total. The zero-order chi connectivity index (χ0) is 9.10. The van der Waals surface area contributed by atoms with E-state index in [0.29, 0.717) is 6.04 Å². The largest absolute Gasteiger partial charge is 0.378 e. The minimum Gasteiger partial charge on any atom is -0.378 e. The molecule has 1 aliphatic rings. The van der Waals surface area contributed by atoms with Gasteiger partial charge in [-0.05, 0) is 24.6 Å². The summed E-state index contributed by atoms with van der Waals surface area (Å²) in [4.78, 5) is 4.17. The van der Waals surface area contributed by atoms with Gasteiger partial charge < -0.3 is 10.1 Å². The topological polar surface area (TPSA) is 34.1 Å². The molecule has 13 heavy (non-hydrogen) atoms. The summed E-state index contributed by atoms with van der Waals surface area (Å²) in [5.41, 5.74) is 2.33. The molecule has 1 aromatic rings. The zero-order valence-electron chi connectivity index (χ0n) is 7.79. The fourth-order valence-electron chi connectivity index (χ4n) is 1.56. The molecule has 0 bridgehead atoms. The van der Waals surface area contributed by atoms with Gasteiger partial charge in [-0.1, -0.05) is 0 Å². The summed E-state index contributed by atoms with van der Waals surface area (Å²) in [5.74, 6) is 0. The lowest BCUT2D eigenvalue weighted by Gasteiger charge is -2.24. The number of rotatable bonds is 1. The highest BCUT2D eigenvalue weighted by Gasteiger charge is 2.14. The zero-order valence-corrected chi connectivity index (χ0v) is 7.79. The number of ether oxygens (including phenoxy) is 1. The standard InChI is InChI=1S/C10H14N2O/c1-8-6-9(2-3-11-8)10-7-13-5-4-12-10/h2-3,6,10,12H,4-5,7H2,1H3/t10-/m0/s1. The molecule has 3 nitrogen and oxygen atoms in total. The Morgan fingerprint density at radius 3 is 3.23 bits per heavy atom. The second-order valence-corrected chi connectivity index (χ2v) is 3.31. The molecule has 70 valence electrons. The fraction of sp³-hybridized carbons (Fsp3) is 0.500. The molecule has 0 radical (unpaired) electrons. The smallest absolute Gasteiger partial charge is 0.0662 e. The van der Waals surface area contributed by atoms with E-state index in [1.165, 1.54) is 5.56 Å². The minimum absolute atomic E-state index is 0.343. The Hall–Kier alpha value is -0.930.